The van der Waals surface area contributed by atoms with Gasteiger partial charge in [0, 0.05) is 22.1 Å². The second-order valence-electron chi connectivity index (χ2n) is 3.22. The van der Waals surface area contributed by atoms with E-state index >= 15 is 0 Å². The van der Waals surface area contributed by atoms with Gasteiger partial charge in [-0.3, -0.25) is 4.79 Å². The Labute approximate surface area is 93.0 Å². The molecule has 0 aliphatic heterocycles. The van der Waals surface area contributed by atoms with E-state index in [-0.39, 0.29) is 10.4 Å². The summed E-state index contributed by atoms with van der Waals surface area (Å²) in [5.74, 6) is -1.87. The summed E-state index contributed by atoms with van der Waals surface area (Å²) in [4.78, 5) is 13.7. The van der Waals surface area contributed by atoms with Crippen molar-refractivity contribution in [2.45, 2.75) is 6.18 Å². The maximum Gasteiger partial charge on any atom is 0.454 e. The first kappa shape index (κ1) is 11.0. The predicted molar refractivity (Wildman–Crippen MR) is 53.7 cm³/mol. The molecule has 1 aromatic heterocycles. The highest BCUT2D eigenvalue weighted by Gasteiger charge is 2.40. The zero-order valence-electron chi connectivity index (χ0n) is 7.73. The van der Waals surface area contributed by atoms with E-state index < -0.39 is 17.5 Å². The topological polar surface area (TPSA) is 32.9 Å². The minimum Gasteiger partial charge on any atom is -0.360 e. The lowest BCUT2D eigenvalue weighted by molar-refractivity contribution is -0.0884. The summed E-state index contributed by atoms with van der Waals surface area (Å²) < 4.78 is 36.7. The van der Waals surface area contributed by atoms with Crippen molar-refractivity contribution in [1.29, 1.82) is 0 Å². The van der Waals surface area contributed by atoms with Gasteiger partial charge in [-0.15, -0.1) is 0 Å². The van der Waals surface area contributed by atoms with E-state index in [9.17, 15) is 18.0 Å². The number of alkyl halides is 3. The molecule has 0 atom stereocenters. The van der Waals surface area contributed by atoms with Gasteiger partial charge in [0.25, 0.3) is 5.78 Å². The highest BCUT2D eigenvalue weighted by molar-refractivity contribution is 6.31. The Kier molecular flexibility index (Phi) is 2.42. The zero-order chi connectivity index (χ0) is 11.9. The SMILES string of the molecule is O=C(c1c[nH]c2ccc(Cl)cc12)C(F)(F)F. The maximum absolute atomic E-state index is 12.2. The Hall–Kier alpha value is -1.49. The van der Waals surface area contributed by atoms with Gasteiger partial charge in [0.05, 0.1) is 5.56 Å². The fraction of sp³-hybridized carbons (Fsp3) is 0.100. The second-order valence-corrected chi connectivity index (χ2v) is 3.66. The van der Waals surface area contributed by atoms with Crippen molar-refractivity contribution < 1.29 is 18.0 Å². The third kappa shape index (κ3) is 1.78. The molecule has 2 rings (SSSR count). The van der Waals surface area contributed by atoms with E-state index in [0.29, 0.717) is 5.52 Å². The van der Waals surface area contributed by atoms with Gasteiger partial charge >= 0.3 is 6.18 Å². The molecule has 6 heteroatoms. The van der Waals surface area contributed by atoms with E-state index in [1.54, 1.807) is 0 Å². The van der Waals surface area contributed by atoms with Gasteiger partial charge < -0.3 is 4.98 Å². The van der Waals surface area contributed by atoms with Gasteiger partial charge in [-0.25, -0.2) is 0 Å². The molecule has 0 radical (unpaired) electrons. The van der Waals surface area contributed by atoms with Crippen LogP contribution >= 0.6 is 11.6 Å². The molecule has 0 unspecified atom stereocenters. The highest BCUT2D eigenvalue weighted by Crippen LogP contribution is 2.28. The Balaban J connectivity index is 2.62. The van der Waals surface area contributed by atoms with Crippen LogP contribution in [-0.2, 0) is 0 Å². The van der Waals surface area contributed by atoms with Crippen LogP contribution in [-0.4, -0.2) is 16.9 Å². The molecule has 1 N–H and O–H groups in total. The van der Waals surface area contributed by atoms with Crippen molar-refractivity contribution >= 4 is 28.3 Å². The van der Waals surface area contributed by atoms with Crippen LogP contribution in [0, 0.1) is 0 Å². The summed E-state index contributed by atoms with van der Waals surface area (Å²) in [5, 5.41) is 0.457. The standard InChI is InChI=1S/C10H5ClF3NO/c11-5-1-2-8-6(3-5)7(4-15-8)9(16)10(12,13)14/h1-4,15H. The molecular formula is C10H5ClF3NO. The molecule has 1 heterocycles. The van der Waals surface area contributed by atoms with Crippen molar-refractivity contribution in [3.05, 3.63) is 35.0 Å². The van der Waals surface area contributed by atoms with Crippen molar-refractivity contribution in [2.75, 3.05) is 0 Å². The number of hydrogen-bond donors (Lipinski definition) is 1. The van der Waals surface area contributed by atoms with E-state index in [4.69, 9.17) is 11.6 Å². The van der Waals surface area contributed by atoms with Crippen molar-refractivity contribution in [3.8, 4) is 0 Å². The minimum atomic E-state index is -4.88. The van der Waals surface area contributed by atoms with E-state index in [1.165, 1.54) is 18.2 Å². The average molecular weight is 248 g/mol. The number of fused-ring (bicyclic) bond motifs is 1. The lowest BCUT2D eigenvalue weighted by Gasteiger charge is -2.03. The Morgan fingerprint density at radius 2 is 2.00 bits per heavy atom. The molecule has 0 saturated heterocycles. The zero-order valence-corrected chi connectivity index (χ0v) is 8.49. The van der Waals surface area contributed by atoms with Crippen LogP contribution in [0.25, 0.3) is 10.9 Å². The Morgan fingerprint density at radius 1 is 1.31 bits per heavy atom. The van der Waals surface area contributed by atoms with Gasteiger partial charge in [-0.1, -0.05) is 11.6 Å². The molecule has 84 valence electrons. The van der Waals surface area contributed by atoms with Gasteiger partial charge in [-0.2, -0.15) is 13.2 Å². The number of halogens is 4. The molecule has 2 aromatic rings. The summed E-state index contributed by atoms with van der Waals surface area (Å²) in [5.41, 5.74) is 0.0296. The van der Waals surface area contributed by atoms with Gasteiger partial charge in [0.2, 0.25) is 0 Å². The van der Waals surface area contributed by atoms with Crippen molar-refractivity contribution in [1.82, 2.24) is 4.98 Å². The molecule has 16 heavy (non-hydrogen) atoms. The van der Waals surface area contributed by atoms with Gasteiger partial charge in [-0.05, 0) is 18.2 Å². The average Bonchev–Trinajstić information content (AvgIpc) is 2.57. The van der Waals surface area contributed by atoms with Crippen LogP contribution in [0.4, 0.5) is 13.2 Å². The van der Waals surface area contributed by atoms with Gasteiger partial charge in [0.15, 0.2) is 0 Å². The number of Topliss-reactive ketones (excluding diaryl/α,β-unsaturated/α-hetero) is 1. The molecular weight excluding hydrogens is 243 g/mol. The molecule has 0 bridgehead atoms. The third-order valence-corrected chi connectivity index (χ3v) is 2.38. The number of hydrogen-bond acceptors (Lipinski definition) is 1. The highest BCUT2D eigenvalue weighted by atomic mass is 35.5. The number of carbonyl (C=O) groups is 1. The number of aromatic nitrogens is 1. The number of benzene rings is 1. The third-order valence-electron chi connectivity index (χ3n) is 2.15. The Bertz CT molecular complexity index is 559. The monoisotopic (exact) mass is 247 g/mol. The van der Waals surface area contributed by atoms with E-state index in [2.05, 4.69) is 4.98 Å². The van der Waals surface area contributed by atoms with Crippen LogP contribution in [0.1, 0.15) is 10.4 Å². The molecule has 0 aliphatic rings. The number of carbonyl (C=O) groups excluding carboxylic acids is 1. The lowest BCUT2D eigenvalue weighted by Crippen LogP contribution is -2.22. The predicted octanol–water partition coefficient (Wildman–Crippen LogP) is 3.57. The lowest BCUT2D eigenvalue weighted by atomic mass is 10.1. The second kappa shape index (κ2) is 3.52. The van der Waals surface area contributed by atoms with Gasteiger partial charge in [0.1, 0.15) is 0 Å². The van der Waals surface area contributed by atoms with E-state index in [0.717, 1.165) is 6.20 Å². The van der Waals surface area contributed by atoms with Crippen molar-refractivity contribution in [3.63, 3.8) is 0 Å². The molecule has 0 amide bonds. The summed E-state index contributed by atoms with van der Waals surface area (Å²) in [6.07, 6.45) is -3.84. The normalized spacial score (nSPS) is 12.0. The summed E-state index contributed by atoms with van der Waals surface area (Å²) in [6, 6.07) is 4.37. The first-order valence-electron chi connectivity index (χ1n) is 4.28. The first-order chi connectivity index (χ1) is 7.39. The van der Waals surface area contributed by atoms with Crippen LogP contribution in [0.3, 0.4) is 0 Å². The molecule has 0 aliphatic carbocycles. The number of nitrogens with one attached hydrogen (secondary N) is 1. The van der Waals surface area contributed by atoms with Crippen molar-refractivity contribution in [2.24, 2.45) is 0 Å². The molecule has 0 fully saturated rings. The fourth-order valence-corrected chi connectivity index (χ4v) is 1.61. The quantitative estimate of drug-likeness (QED) is 0.768. The summed E-state index contributed by atoms with van der Waals surface area (Å²) in [7, 11) is 0. The largest absolute Gasteiger partial charge is 0.454 e. The number of ketones is 1. The molecule has 0 spiro atoms. The molecule has 0 saturated carbocycles. The summed E-state index contributed by atoms with van der Waals surface area (Å²) >= 11 is 5.66. The van der Waals surface area contributed by atoms with Crippen LogP contribution < -0.4 is 0 Å². The fourth-order valence-electron chi connectivity index (χ4n) is 1.43. The van der Waals surface area contributed by atoms with Crippen LogP contribution in [0.5, 0.6) is 0 Å². The number of rotatable bonds is 1. The minimum absolute atomic E-state index is 0.176. The first-order valence-corrected chi connectivity index (χ1v) is 4.65. The van der Waals surface area contributed by atoms with Crippen LogP contribution in [0.15, 0.2) is 24.4 Å². The Morgan fingerprint density at radius 3 is 2.62 bits per heavy atom. The smallest absolute Gasteiger partial charge is 0.360 e. The van der Waals surface area contributed by atoms with Crippen LogP contribution in [0.2, 0.25) is 5.02 Å². The maximum atomic E-state index is 12.2. The molecule has 2 nitrogen and oxygen atoms in total. The number of aromatic amines is 1. The summed E-state index contributed by atoms with van der Waals surface area (Å²) in [6.45, 7) is 0. The number of H-pyrrole nitrogens is 1. The van der Waals surface area contributed by atoms with E-state index in [1.807, 2.05) is 0 Å². The molecule has 1 aromatic carbocycles.